The lowest BCUT2D eigenvalue weighted by Gasteiger charge is -2.34. The first kappa shape index (κ1) is 19.0. The van der Waals surface area contributed by atoms with Crippen LogP contribution in [0.15, 0.2) is 46.4 Å². The molecule has 6 heteroatoms. The number of nitrogens with one attached hydrogen (secondary N) is 1. The molecule has 154 valence electrons. The lowest BCUT2D eigenvalue weighted by atomic mass is 9.97. The number of hydrogen-bond acceptors (Lipinski definition) is 5. The van der Waals surface area contributed by atoms with Crippen molar-refractivity contribution in [2.75, 3.05) is 11.4 Å². The molecule has 6 nitrogen and oxygen atoms in total. The topological polar surface area (TPSA) is 77.3 Å². The molecule has 0 saturated heterocycles. The Labute approximate surface area is 176 Å². The first-order valence-corrected chi connectivity index (χ1v) is 10.7. The third kappa shape index (κ3) is 3.52. The molecule has 0 aliphatic carbocycles. The summed E-state index contributed by atoms with van der Waals surface area (Å²) >= 11 is 0. The Morgan fingerprint density at radius 3 is 2.50 bits per heavy atom. The van der Waals surface area contributed by atoms with E-state index in [1.165, 1.54) is 22.3 Å². The Hall–Kier alpha value is -2.99. The number of carbonyl (C=O) groups is 1. The summed E-state index contributed by atoms with van der Waals surface area (Å²) in [4.78, 5) is 23.5. The van der Waals surface area contributed by atoms with Crippen molar-refractivity contribution in [3.8, 4) is 0 Å². The van der Waals surface area contributed by atoms with Crippen LogP contribution in [-0.2, 0) is 24.1 Å². The van der Waals surface area contributed by atoms with Crippen molar-refractivity contribution in [2.45, 2.75) is 51.8 Å². The highest BCUT2D eigenvalue weighted by Gasteiger charge is 2.35. The highest BCUT2D eigenvalue weighted by atomic mass is 16.3. The monoisotopic (exact) mass is 402 g/mol. The van der Waals surface area contributed by atoms with E-state index in [1.54, 1.807) is 0 Å². The number of aliphatic hydroxyl groups is 1. The van der Waals surface area contributed by atoms with Gasteiger partial charge in [-0.3, -0.25) is 4.79 Å². The van der Waals surface area contributed by atoms with Crippen LogP contribution in [0.3, 0.4) is 0 Å². The van der Waals surface area contributed by atoms with Gasteiger partial charge in [-0.05, 0) is 79.8 Å². The summed E-state index contributed by atoms with van der Waals surface area (Å²) in [5, 5.41) is 12.5. The highest BCUT2D eigenvalue weighted by molar-refractivity contribution is 6.70. The zero-order valence-electron chi connectivity index (χ0n) is 17.2. The van der Waals surface area contributed by atoms with Gasteiger partial charge in [0, 0.05) is 6.54 Å². The molecule has 0 saturated carbocycles. The number of aryl methyl sites for hydroxylation is 4. The van der Waals surface area contributed by atoms with Crippen LogP contribution in [0.5, 0.6) is 0 Å². The van der Waals surface area contributed by atoms with Gasteiger partial charge in [-0.1, -0.05) is 24.3 Å². The summed E-state index contributed by atoms with van der Waals surface area (Å²) in [6.07, 6.45) is 5.01. The predicted molar refractivity (Wildman–Crippen MR) is 119 cm³/mol. The Kier molecular flexibility index (Phi) is 4.87. The molecule has 1 amide bonds. The predicted octanol–water partition coefficient (Wildman–Crippen LogP) is 3.20. The van der Waals surface area contributed by atoms with Gasteiger partial charge in [-0.2, -0.15) is 0 Å². The quantitative estimate of drug-likeness (QED) is 0.710. The van der Waals surface area contributed by atoms with E-state index in [0.29, 0.717) is 12.4 Å². The maximum absolute atomic E-state index is 12.5. The molecule has 0 radical (unpaired) electrons. The number of hydrogen-bond donors (Lipinski definition) is 2. The largest absolute Gasteiger partial charge is 0.355 e. The number of amides is 1. The fraction of sp³-hybridized carbons (Fsp3) is 0.375. The number of fused-ring (bicyclic) bond motifs is 8. The van der Waals surface area contributed by atoms with E-state index >= 15 is 0 Å². The van der Waals surface area contributed by atoms with Crippen LogP contribution >= 0.6 is 0 Å². The molecule has 0 fully saturated rings. The van der Waals surface area contributed by atoms with Crippen molar-refractivity contribution in [3.05, 3.63) is 58.7 Å². The molecule has 1 atom stereocenters. The number of amidine groups is 1. The lowest BCUT2D eigenvalue weighted by molar-refractivity contribution is -0.117. The molecule has 1 unspecified atom stereocenters. The zero-order chi connectivity index (χ0) is 20.7. The molecule has 4 aliphatic heterocycles. The van der Waals surface area contributed by atoms with Crippen LogP contribution < -0.4 is 10.2 Å². The molecular formula is C24H26N4O2. The minimum atomic E-state index is -1.23. The van der Waals surface area contributed by atoms with E-state index in [2.05, 4.69) is 63.5 Å². The van der Waals surface area contributed by atoms with E-state index in [4.69, 9.17) is 0 Å². The second kappa shape index (κ2) is 7.69. The van der Waals surface area contributed by atoms with Gasteiger partial charge in [0.15, 0.2) is 11.5 Å². The molecule has 2 N–H and O–H groups in total. The van der Waals surface area contributed by atoms with Crippen molar-refractivity contribution in [2.24, 2.45) is 9.98 Å². The average Bonchev–Trinajstić information content (AvgIpc) is 2.73. The number of aliphatic hydroxyl groups excluding tert-OH is 1. The Bertz CT molecular complexity index is 1060. The Morgan fingerprint density at radius 1 is 1.03 bits per heavy atom. The van der Waals surface area contributed by atoms with E-state index in [1.807, 2.05) is 0 Å². The summed E-state index contributed by atoms with van der Waals surface area (Å²) in [6.45, 7) is 2.82. The second-order valence-electron chi connectivity index (χ2n) is 8.31. The molecular weight excluding hydrogens is 376 g/mol. The van der Waals surface area contributed by atoms with Gasteiger partial charge in [0.2, 0.25) is 6.35 Å². The van der Waals surface area contributed by atoms with E-state index in [9.17, 15) is 9.90 Å². The maximum Gasteiger partial charge on any atom is 0.277 e. The van der Waals surface area contributed by atoms with Crippen LogP contribution in [-0.4, -0.2) is 35.5 Å². The average molecular weight is 402 g/mol. The summed E-state index contributed by atoms with van der Waals surface area (Å²) in [5.41, 5.74) is 7.27. The minimum Gasteiger partial charge on any atom is -0.355 e. The molecule has 4 heterocycles. The number of benzene rings is 2. The molecule has 0 spiro atoms. The normalized spacial score (nSPS) is 21.1. The molecule has 6 rings (SSSR count). The van der Waals surface area contributed by atoms with E-state index < -0.39 is 6.35 Å². The van der Waals surface area contributed by atoms with Crippen molar-refractivity contribution in [1.29, 1.82) is 0 Å². The highest BCUT2D eigenvalue weighted by Crippen LogP contribution is 2.37. The number of rotatable bonds is 0. The molecule has 2 aromatic carbocycles. The smallest absolute Gasteiger partial charge is 0.277 e. The standard InChI is InChI=1S/C24H26N4O2/c1-15-13-19-20-14-18(15)7-3-2-5-16-8-10-17(11-9-16)6-4-12-28(20)22-21(25-19)23(29)27-24(30)26-22/h8-11,13-14,24,30H,2-7,12H2,1H3,(H,27,29). The van der Waals surface area contributed by atoms with Crippen LogP contribution in [0.25, 0.3) is 0 Å². The van der Waals surface area contributed by atoms with Gasteiger partial charge < -0.3 is 15.3 Å². The number of aliphatic imine (C=N–C) groups is 2. The van der Waals surface area contributed by atoms with Gasteiger partial charge in [-0.15, -0.1) is 0 Å². The van der Waals surface area contributed by atoms with Crippen LogP contribution in [0.4, 0.5) is 11.4 Å². The lowest BCUT2D eigenvalue weighted by Crippen LogP contribution is -2.53. The fourth-order valence-electron chi connectivity index (χ4n) is 4.51. The van der Waals surface area contributed by atoms with Crippen molar-refractivity contribution >= 4 is 28.8 Å². The summed E-state index contributed by atoms with van der Waals surface area (Å²) < 4.78 is 0. The van der Waals surface area contributed by atoms with Crippen molar-refractivity contribution in [1.82, 2.24) is 5.32 Å². The van der Waals surface area contributed by atoms with Gasteiger partial charge in [0.1, 0.15) is 0 Å². The van der Waals surface area contributed by atoms with Crippen molar-refractivity contribution in [3.63, 3.8) is 0 Å². The Morgan fingerprint density at radius 2 is 1.73 bits per heavy atom. The summed E-state index contributed by atoms with van der Waals surface area (Å²) in [6, 6.07) is 13.2. The number of nitrogens with zero attached hydrogens (tertiary/aromatic N) is 3. The second-order valence-corrected chi connectivity index (χ2v) is 8.31. The third-order valence-electron chi connectivity index (χ3n) is 6.18. The molecule has 4 aliphatic rings. The third-order valence-corrected chi connectivity index (χ3v) is 6.18. The van der Waals surface area contributed by atoms with Gasteiger partial charge in [0.25, 0.3) is 5.91 Å². The van der Waals surface area contributed by atoms with Gasteiger partial charge >= 0.3 is 0 Å². The van der Waals surface area contributed by atoms with Gasteiger partial charge in [0.05, 0.1) is 11.4 Å². The Balaban J connectivity index is 1.58. The SMILES string of the molecule is Cc1cc2c3cc1CCCCc1ccc(cc1)CCCN3C1=NC(O)NC(=O)C1=N2. The van der Waals surface area contributed by atoms with Crippen LogP contribution in [0.1, 0.15) is 41.5 Å². The summed E-state index contributed by atoms with van der Waals surface area (Å²) in [7, 11) is 0. The first-order valence-electron chi connectivity index (χ1n) is 10.7. The van der Waals surface area contributed by atoms with Crippen LogP contribution in [0.2, 0.25) is 0 Å². The number of carbonyl (C=O) groups excluding carboxylic acids is 1. The van der Waals surface area contributed by atoms with Gasteiger partial charge in [-0.25, -0.2) is 9.98 Å². The summed E-state index contributed by atoms with van der Waals surface area (Å²) in [5.74, 6) is 0.0829. The molecule has 0 aromatic heterocycles. The molecule has 30 heavy (non-hydrogen) atoms. The van der Waals surface area contributed by atoms with E-state index in [0.717, 1.165) is 49.9 Å². The first-order chi connectivity index (χ1) is 14.6. The molecule has 4 bridgehead atoms. The fourth-order valence-corrected chi connectivity index (χ4v) is 4.51. The zero-order valence-corrected chi connectivity index (χ0v) is 17.2. The van der Waals surface area contributed by atoms with Crippen LogP contribution in [0, 0.1) is 6.92 Å². The van der Waals surface area contributed by atoms with Crippen molar-refractivity contribution < 1.29 is 9.90 Å². The number of anilines is 1. The van der Waals surface area contributed by atoms with E-state index in [-0.39, 0.29) is 11.6 Å². The molecule has 2 aromatic rings. The minimum absolute atomic E-state index is 0.280. The maximum atomic E-state index is 12.5.